The number of halogens is 1. The fraction of sp³-hybridized carbons (Fsp3) is 0.429. The van der Waals surface area contributed by atoms with Gasteiger partial charge in [-0.1, -0.05) is 12.1 Å². The van der Waals surface area contributed by atoms with Crippen LogP contribution in [0.2, 0.25) is 0 Å². The standard InChI is InChI=1S/C28H34FN7O2/c1-34-15-17-35(18-16-34)28(38)25(3-2-12-30-26-19-24(26)20-4-8-22(29)9-5-20)33-27(37)21-6-10-23(11-7-21)36-31-13-14-32-36/h4-11,13-14,24-26,30H,2-3,12,15-19H2,1H3,(H,33,37)/t24-,25-,26+/m0/s1. The first-order valence-electron chi connectivity index (χ1n) is 13.2. The molecule has 2 N–H and O–H groups in total. The number of carbonyl (C=O) groups excluding carboxylic acids is 2. The van der Waals surface area contributed by atoms with E-state index in [1.54, 1.807) is 36.7 Å². The molecule has 10 heteroatoms. The van der Waals surface area contributed by atoms with Crippen molar-refractivity contribution in [3.05, 3.63) is 77.9 Å². The van der Waals surface area contributed by atoms with Crippen molar-refractivity contribution in [2.24, 2.45) is 0 Å². The maximum atomic E-state index is 13.4. The minimum atomic E-state index is -0.590. The minimum Gasteiger partial charge on any atom is -0.340 e. The van der Waals surface area contributed by atoms with E-state index >= 15 is 0 Å². The van der Waals surface area contributed by atoms with Gasteiger partial charge in [0.25, 0.3) is 5.91 Å². The van der Waals surface area contributed by atoms with Crippen molar-refractivity contribution < 1.29 is 14.0 Å². The molecule has 2 aromatic carbocycles. The van der Waals surface area contributed by atoms with Crippen molar-refractivity contribution in [1.29, 1.82) is 0 Å². The SMILES string of the molecule is CN1CCN(C(=O)[C@H](CCCN[C@@H]2C[C@H]2c2ccc(F)cc2)NC(=O)c2ccc(-n3nccn3)cc2)CC1. The van der Waals surface area contributed by atoms with Crippen molar-refractivity contribution in [3.63, 3.8) is 0 Å². The van der Waals surface area contributed by atoms with Gasteiger partial charge >= 0.3 is 0 Å². The van der Waals surface area contributed by atoms with Crippen molar-refractivity contribution in [2.75, 3.05) is 39.8 Å². The van der Waals surface area contributed by atoms with Gasteiger partial charge in [-0.15, -0.1) is 0 Å². The summed E-state index contributed by atoms with van der Waals surface area (Å²) in [5.74, 6) is -0.121. The van der Waals surface area contributed by atoms with Crippen LogP contribution in [0, 0.1) is 5.82 Å². The Morgan fingerprint density at radius 2 is 1.68 bits per heavy atom. The molecule has 1 aliphatic carbocycles. The van der Waals surface area contributed by atoms with Gasteiger partial charge in [0.05, 0.1) is 18.1 Å². The van der Waals surface area contributed by atoms with Crippen molar-refractivity contribution in [3.8, 4) is 5.69 Å². The topological polar surface area (TPSA) is 95.4 Å². The smallest absolute Gasteiger partial charge is 0.251 e. The van der Waals surface area contributed by atoms with E-state index in [2.05, 4.69) is 25.7 Å². The molecule has 0 spiro atoms. The maximum absolute atomic E-state index is 13.4. The molecule has 5 rings (SSSR count). The first kappa shape index (κ1) is 26.0. The average molecular weight is 520 g/mol. The molecule has 1 aliphatic heterocycles. The molecule has 1 saturated carbocycles. The number of rotatable bonds is 10. The molecular weight excluding hydrogens is 485 g/mol. The zero-order valence-corrected chi connectivity index (χ0v) is 21.6. The average Bonchev–Trinajstić information content (AvgIpc) is 3.49. The quantitative estimate of drug-likeness (QED) is 0.399. The van der Waals surface area contributed by atoms with Crippen molar-refractivity contribution in [1.82, 2.24) is 35.4 Å². The summed E-state index contributed by atoms with van der Waals surface area (Å²) in [6, 6.07) is 13.5. The van der Waals surface area contributed by atoms with E-state index in [0.717, 1.165) is 43.7 Å². The molecule has 2 amide bonds. The second-order valence-electron chi connectivity index (χ2n) is 10.1. The number of benzene rings is 2. The van der Waals surface area contributed by atoms with Crippen LogP contribution >= 0.6 is 0 Å². The third-order valence-electron chi connectivity index (χ3n) is 7.36. The first-order chi connectivity index (χ1) is 18.5. The molecule has 1 aromatic heterocycles. The van der Waals surface area contributed by atoms with E-state index in [9.17, 15) is 14.0 Å². The molecule has 9 nitrogen and oxygen atoms in total. The van der Waals surface area contributed by atoms with Crippen LogP contribution in [0.3, 0.4) is 0 Å². The van der Waals surface area contributed by atoms with Gasteiger partial charge in [0.15, 0.2) is 0 Å². The number of likely N-dealkylation sites (N-methyl/N-ethyl adjacent to an activating group) is 1. The predicted molar refractivity (Wildman–Crippen MR) is 141 cm³/mol. The summed E-state index contributed by atoms with van der Waals surface area (Å²) in [4.78, 5) is 32.0. The second-order valence-corrected chi connectivity index (χ2v) is 10.1. The summed E-state index contributed by atoms with van der Waals surface area (Å²) in [7, 11) is 2.05. The van der Waals surface area contributed by atoms with Crippen LogP contribution in [0.4, 0.5) is 4.39 Å². The number of amides is 2. The Labute approximate surface area is 222 Å². The van der Waals surface area contributed by atoms with Gasteiger partial charge in [-0.2, -0.15) is 15.0 Å². The molecule has 2 aliphatic rings. The van der Waals surface area contributed by atoms with Crippen LogP contribution in [0.15, 0.2) is 60.9 Å². The normalized spacial score (nSPS) is 20.2. The van der Waals surface area contributed by atoms with Crippen LogP contribution < -0.4 is 10.6 Å². The zero-order chi connectivity index (χ0) is 26.5. The Bertz CT molecular complexity index is 1210. The second kappa shape index (κ2) is 11.8. The number of aromatic nitrogens is 3. The molecule has 3 atom stereocenters. The molecule has 200 valence electrons. The first-order valence-corrected chi connectivity index (χ1v) is 13.2. The number of nitrogens with one attached hydrogen (secondary N) is 2. The van der Waals surface area contributed by atoms with Gasteiger partial charge in [0.2, 0.25) is 5.91 Å². The highest BCUT2D eigenvalue weighted by Gasteiger charge is 2.37. The Morgan fingerprint density at radius 3 is 2.37 bits per heavy atom. The highest BCUT2D eigenvalue weighted by molar-refractivity contribution is 5.97. The van der Waals surface area contributed by atoms with Gasteiger partial charge in [-0.3, -0.25) is 9.59 Å². The lowest BCUT2D eigenvalue weighted by Crippen LogP contribution is -2.54. The summed E-state index contributed by atoms with van der Waals surface area (Å²) in [5, 5.41) is 14.8. The molecule has 3 aromatic rings. The highest BCUT2D eigenvalue weighted by atomic mass is 19.1. The molecule has 38 heavy (non-hydrogen) atoms. The molecule has 0 unspecified atom stereocenters. The number of carbonyl (C=O) groups is 2. The zero-order valence-electron chi connectivity index (χ0n) is 21.6. The fourth-order valence-corrected chi connectivity index (χ4v) is 4.93. The van der Waals surface area contributed by atoms with Crippen LogP contribution in [0.25, 0.3) is 5.69 Å². The fourth-order valence-electron chi connectivity index (χ4n) is 4.93. The van der Waals surface area contributed by atoms with E-state index in [1.165, 1.54) is 16.9 Å². The van der Waals surface area contributed by atoms with Crippen molar-refractivity contribution >= 4 is 11.8 Å². The van der Waals surface area contributed by atoms with Gasteiger partial charge in [-0.25, -0.2) is 4.39 Å². The Kier molecular flexibility index (Phi) is 8.09. The summed E-state index contributed by atoms with van der Waals surface area (Å²) in [5.41, 5.74) is 2.38. The Hall–Kier alpha value is -3.63. The van der Waals surface area contributed by atoms with E-state index in [1.807, 2.05) is 24.1 Å². The largest absolute Gasteiger partial charge is 0.340 e. The lowest BCUT2D eigenvalue weighted by Gasteiger charge is -2.34. The number of nitrogens with zero attached hydrogens (tertiary/aromatic N) is 5. The lowest BCUT2D eigenvalue weighted by molar-refractivity contribution is -0.135. The van der Waals surface area contributed by atoms with E-state index in [0.29, 0.717) is 37.0 Å². The third kappa shape index (κ3) is 6.43. The van der Waals surface area contributed by atoms with Crippen LogP contribution in [0.1, 0.15) is 41.1 Å². The van der Waals surface area contributed by atoms with Gasteiger partial charge < -0.3 is 20.4 Å². The summed E-state index contributed by atoms with van der Waals surface area (Å²) in [6.45, 7) is 3.71. The van der Waals surface area contributed by atoms with Gasteiger partial charge in [0, 0.05) is 43.7 Å². The van der Waals surface area contributed by atoms with Gasteiger partial charge in [-0.05, 0) is 74.8 Å². The summed E-state index contributed by atoms with van der Waals surface area (Å²) in [6.07, 6.45) is 5.51. The Morgan fingerprint density at radius 1 is 1.00 bits per heavy atom. The number of piperazine rings is 1. The molecule has 0 radical (unpaired) electrons. The summed E-state index contributed by atoms with van der Waals surface area (Å²) >= 11 is 0. The molecule has 1 saturated heterocycles. The molecule has 2 fully saturated rings. The Balaban J connectivity index is 1.16. The number of hydrogen-bond acceptors (Lipinski definition) is 6. The van der Waals surface area contributed by atoms with Crippen LogP contribution in [0.5, 0.6) is 0 Å². The van der Waals surface area contributed by atoms with Gasteiger partial charge in [0.1, 0.15) is 11.9 Å². The number of hydrogen-bond donors (Lipinski definition) is 2. The van der Waals surface area contributed by atoms with E-state index < -0.39 is 6.04 Å². The summed E-state index contributed by atoms with van der Waals surface area (Å²) < 4.78 is 13.2. The minimum absolute atomic E-state index is 0.0283. The molecule has 2 heterocycles. The van der Waals surface area contributed by atoms with E-state index in [4.69, 9.17) is 0 Å². The molecular formula is C28H34FN7O2. The van der Waals surface area contributed by atoms with Crippen LogP contribution in [-0.4, -0.2) is 88.5 Å². The van der Waals surface area contributed by atoms with Crippen LogP contribution in [-0.2, 0) is 4.79 Å². The monoisotopic (exact) mass is 519 g/mol. The maximum Gasteiger partial charge on any atom is 0.251 e. The highest BCUT2D eigenvalue weighted by Crippen LogP contribution is 2.40. The lowest BCUT2D eigenvalue weighted by atomic mass is 10.1. The molecule has 0 bridgehead atoms. The van der Waals surface area contributed by atoms with Crippen molar-refractivity contribution in [2.45, 2.75) is 37.3 Å². The predicted octanol–water partition coefficient (Wildman–Crippen LogP) is 2.20. The third-order valence-corrected chi connectivity index (χ3v) is 7.36. The van der Waals surface area contributed by atoms with E-state index in [-0.39, 0.29) is 17.6 Å².